The molecule has 0 saturated heterocycles. The van der Waals surface area contributed by atoms with Crippen LogP contribution in [-0.2, 0) is 16.4 Å². The Morgan fingerprint density at radius 3 is 2.23 bits per heavy atom. The van der Waals surface area contributed by atoms with Crippen LogP contribution in [0.4, 0.5) is 5.69 Å². The Kier molecular flexibility index (Phi) is 4.91. The fourth-order valence-electron chi connectivity index (χ4n) is 2.34. The number of nitrogens with one attached hydrogen (secondary N) is 1. The Bertz CT molecular complexity index is 747. The Morgan fingerprint density at radius 2 is 1.64 bits per heavy atom. The number of hydrogen-bond acceptors (Lipinski definition) is 2. The maximum atomic E-state index is 12.5. The molecule has 2 aromatic carbocycles. The molecule has 0 aromatic heterocycles. The van der Waals surface area contributed by atoms with Gasteiger partial charge in [0.25, 0.3) is 10.0 Å². The minimum absolute atomic E-state index is 0.293. The standard InChI is InChI=1S/C18H23NO2S/c1-13(2)12-16-8-10-17(11-9-16)22(20,21)19-18-7-5-6-14(3)15(18)4/h5-11,13,19H,12H2,1-4H3. The molecule has 0 radical (unpaired) electrons. The summed E-state index contributed by atoms with van der Waals surface area (Å²) in [6.07, 6.45) is 0.949. The third-order valence-electron chi connectivity index (χ3n) is 3.73. The molecule has 0 heterocycles. The molecule has 0 unspecified atom stereocenters. The number of rotatable bonds is 5. The van der Waals surface area contributed by atoms with Crippen molar-refractivity contribution < 1.29 is 8.42 Å². The Hall–Kier alpha value is -1.81. The fourth-order valence-corrected chi connectivity index (χ4v) is 3.46. The van der Waals surface area contributed by atoms with Gasteiger partial charge in [0.2, 0.25) is 0 Å². The first-order valence-electron chi connectivity index (χ1n) is 7.47. The average Bonchev–Trinajstić information content (AvgIpc) is 2.44. The molecule has 0 fully saturated rings. The van der Waals surface area contributed by atoms with Gasteiger partial charge >= 0.3 is 0 Å². The Morgan fingerprint density at radius 1 is 1.00 bits per heavy atom. The van der Waals surface area contributed by atoms with Crippen LogP contribution < -0.4 is 4.72 Å². The van der Waals surface area contributed by atoms with E-state index in [1.807, 2.05) is 38.1 Å². The van der Waals surface area contributed by atoms with Gasteiger partial charge in [-0.3, -0.25) is 4.72 Å². The minimum Gasteiger partial charge on any atom is -0.279 e. The molecule has 118 valence electrons. The van der Waals surface area contributed by atoms with Crippen LogP contribution in [0.15, 0.2) is 47.4 Å². The summed E-state index contributed by atoms with van der Waals surface area (Å²) in [6, 6.07) is 12.7. The molecular weight excluding hydrogens is 294 g/mol. The van der Waals surface area contributed by atoms with Gasteiger partial charge in [-0.1, -0.05) is 38.1 Å². The molecule has 0 aliphatic rings. The third kappa shape index (κ3) is 3.89. The summed E-state index contributed by atoms with van der Waals surface area (Å²) >= 11 is 0. The van der Waals surface area contributed by atoms with Gasteiger partial charge in [0.05, 0.1) is 10.6 Å². The van der Waals surface area contributed by atoms with Crippen molar-refractivity contribution in [1.82, 2.24) is 0 Å². The van der Waals surface area contributed by atoms with Crippen LogP contribution in [0.25, 0.3) is 0 Å². The van der Waals surface area contributed by atoms with Crippen molar-refractivity contribution in [3.05, 3.63) is 59.2 Å². The first-order valence-corrected chi connectivity index (χ1v) is 8.96. The topological polar surface area (TPSA) is 46.2 Å². The van der Waals surface area contributed by atoms with Gasteiger partial charge in [0, 0.05) is 0 Å². The molecule has 2 rings (SSSR count). The first kappa shape index (κ1) is 16.6. The number of hydrogen-bond donors (Lipinski definition) is 1. The van der Waals surface area contributed by atoms with Gasteiger partial charge in [-0.05, 0) is 61.1 Å². The number of anilines is 1. The quantitative estimate of drug-likeness (QED) is 0.893. The van der Waals surface area contributed by atoms with Crippen LogP contribution in [0.5, 0.6) is 0 Å². The lowest BCUT2D eigenvalue weighted by atomic mass is 10.0. The summed E-state index contributed by atoms with van der Waals surface area (Å²) in [6.45, 7) is 8.17. The normalized spacial score (nSPS) is 11.7. The third-order valence-corrected chi connectivity index (χ3v) is 5.11. The molecule has 0 bridgehead atoms. The van der Waals surface area contributed by atoms with E-state index < -0.39 is 10.0 Å². The van der Waals surface area contributed by atoms with E-state index in [0.29, 0.717) is 16.5 Å². The molecule has 22 heavy (non-hydrogen) atoms. The monoisotopic (exact) mass is 317 g/mol. The second kappa shape index (κ2) is 6.53. The van der Waals surface area contributed by atoms with Crippen LogP contribution in [-0.4, -0.2) is 8.42 Å². The molecule has 3 nitrogen and oxygen atoms in total. The highest BCUT2D eigenvalue weighted by molar-refractivity contribution is 7.92. The molecule has 0 atom stereocenters. The molecule has 1 N–H and O–H groups in total. The Balaban J connectivity index is 2.25. The molecule has 0 aliphatic heterocycles. The molecular formula is C18H23NO2S. The van der Waals surface area contributed by atoms with E-state index in [1.54, 1.807) is 18.2 Å². The molecule has 2 aromatic rings. The van der Waals surface area contributed by atoms with E-state index in [2.05, 4.69) is 18.6 Å². The van der Waals surface area contributed by atoms with Gasteiger partial charge in [-0.2, -0.15) is 0 Å². The van der Waals surface area contributed by atoms with Crippen LogP contribution in [0.3, 0.4) is 0 Å². The van der Waals surface area contributed by atoms with Crippen molar-refractivity contribution in [3.8, 4) is 0 Å². The van der Waals surface area contributed by atoms with Crippen molar-refractivity contribution in [2.75, 3.05) is 4.72 Å². The van der Waals surface area contributed by atoms with Crippen molar-refractivity contribution >= 4 is 15.7 Å². The minimum atomic E-state index is -3.55. The van der Waals surface area contributed by atoms with E-state index in [1.165, 1.54) is 0 Å². The summed E-state index contributed by atoms with van der Waals surface area (Å²) in [4.78, 5) is 0.293. The van der Waals surface area contributed by atoms with E-state index >= 15 is 0 Å². The van der Waals surface area contributed by atoms with Gasteiger partial charge in [-0.15, -0.1) is 0 Å². The summed E-state index contributed by atoms with van der Waals surface area (Å²) in [7, 11) is -3.55. The lowest BCUT2D eigenvalue weighted by Gasteiger charge is -2.12. The van der Waals surface area contributed by atoms with Crippen LogP contribution in [0, 0.1) is 19.8 Å². The van der Waals surface area contributed by atoms with E-state index in [0.717, 1.165) is 23.1 Å². The number of aryl methyl sites for hydroxylation is 1. The zero-order valence-corrected chi connectivity index (χ0v) is 14.4. The molecule has 4 heteroatoms. The number of benzene rings is 2. The fraction of sp³-hybridized carbons (Fsp3) is 0.333. The van der Waals surface area contributed by atoms with E-state index in [4.69, 9.17) is 0 Å². The van der Waals surface area contributed by atoms with Gasteiger partial charge in [0.1, 0.15) is 0 Å². The van der Waals surface area contributed by atoms with E-state index in [-0.39, 0.29) is 0 Å². The lowest BCUT2D eigenvalue weighted by molar-refractivity contribution is 0.601. The maximum absolute atomic E-state index is 12.5. The van der Waals surface area contributed by atoms with Gasteiger partial charge in [0.15, 0.2) is 0 Å². The summed E-state index contributed by atoms with van der Waals surface area (Å²) < 4.78 is 27.7. The molecule has 0 spiro atoms. The van der Waals surface area contributed by atoms with Crippen LogP contribution in [0.1, 0.15) is 30.5 Å². The van der Waals surface area contributed by atoms with Gasteiger partial charge in [-0.25, -0.2) is 8.42 Å². The smallest absolute Gasteiger partial charge is 0.261 e. The maximum Gasteiger partial charge on any atom is 0.261 e. The predicted molar refractivity (Wildman–Crippen MR) is 91.7 cm³/mol. The SMILES string of the molecule is Cc1cccc(NS(=O)(=O)c2ccc(CC(C)C)cc2)c1C. The van der Waals surface area contributed by atoms with E-state index in [9.17, 15) is 8.42 Å². The van der Waals surface area contributed by atoms with Crippen molar-refractivity contribution in [2.24, 2.45) is 5.92 Å². The largest absolute Gasteiger partial charge is 0.279 e. The zero-order chi connectivity index (χ0) is 16.3. The second-order valence-corrected chi connectivity index (χ2v) is 7.78. The molecule has 0 saturated carbocycles. The first-order chi connectivity index (χ1) is 10.3. The second-order valence-electron chi connectivity index (χ2n) is 6.09. The van der Waals surface area contributed by atoms with Crippen molar-refractivity contribution in [1.29, 1.82) is 0 Å². The molecule has 0 amide bonds. The molecule has 0 aliphatic carbocycles. The number of sulfonamides is 1. The highest BCUT2D eigenvalue weighted by Crippen LogP contribution is 2.22. The van der Waals surface area contributed by atoms with Crippen molar-refractivity contribution in [3.63, 3.8) is 0 Å². The van der Waals surface area contributed by atoms with Gasteiger partial charge < -0.3 is 0 Å². The summed E-state index contributed by atoms with van der Waals surface area (Å²) in [5.41, 5.74) is 3.79. The zero-order valence-electron chi connectivity index (χ0n) is 13.6. The van der Waals surface area contributed by atoms with Crippen molar-refractivity contribution in [2.45, 2.75) is 39.0 Å². The summed E-state index contributed by atoms with van der Waals surface area (Å²) in [5.74, 6) is 0.551. The van der Waals surface area contributed by atoms with Crippen LogP contribution in [0.2, 0.25) is 0 Å². The lowest BCUT2D eigenvalue weighted by Crippen LogP contribution is -2.14. The Labute approximate surface area is 133 Å². The highest BCUT2D eigenvalue weighted by atomic mass is 32.2. The van der Waals surface area contributed by atoms with Crippen LogP contribution >= 0.6 is 0 Å². The average molecular weight is 317 g/mol. The summed E-state index contributed by atoms with van der Waals surface area (Å²) in [5, 5.41) is 0. The highest BCUT2D eigenvalue weighted by Gasteiger charge is 2.15. The predicted octanol–water partition coefficient (Wildman–Crippen LogP) is 4.30.